The molecule has 1 rings (SSSR count). The fraction of sp³-hybridized carbons (Fsp3) is 0.797. The highest BCUT2D eigenvalue weighted by Crippen LogP contribution is 2.26. The molecule has 6 unspecified atom stereocenters. The number of aliphatic hydroxyl groups is 3. The van der Waals surface area contributed by atoms with Gasteiger partial charge in [-0.1, -0.05) is 267 Å². The van der Waals surface area contributed by atoms with Crippen molar-refractivity contribution < 1.29 is 56.2 Å². The molecule has 77 heavy (non-hydrogen) atoms. The van der Waals surface area contributed by atoms with Gasteiger partial charge in [0, 0.05) is 13.0 Å². The van der Waals surface area contributed by atoms with E-state index in [9.17, 15) is 33.1 Å². The van der Waals surface area contributed by atoms with Gasteiger partial charge >= 0.3 is 16.4 Å². The zero-order chi connectivity index (χ0) is 56.0. The summed E-state index contributed by atoms with van der Waals surface area (Å²) >= 11 is 0. The van der Waals surface area contributed by atoms with E-state index in [2.05, 4.69) is 90.9 Å². The number of hydrogen-bond acceptors (Lipinski definition) is 11. The fourth-order valence-corrected chi connectivity index (χ4v) is 9.95. The summed E-state index contributed by atoms with van der Waals surface area (Å²) in [4.78, 5) is 13.0. The first-order valence-corrected chi connectivity index (χ1v) is 32.6. The third-order valence-corrected chi connectivity index (χ3v) is 14.6. The van der Waals surface area contributed by atoms with Crippen LogP contribution in [0.15, 0.2) is 72.9 Å². The molecule has 1 aliphatic heterocycles. The lowest BCUT2D eigenvalue weighted by molar-refractivity contribution is -0.301. The van der Waals surface area contributed by atoms with Crippen LogP contribution in [0.3, 0.4) is 0 Å². The van der Waals surface area contributed by atoms with Gasteiger partial charge < -0.3 is 34.3 Å². The van der Waals surface area contributed by atoms with Crippen molar-refractivity contribution in [3.05, 3.63) is 72.9 Å². The minimum Gasteiger partial charge on any atom is -0.457 e. The van der Waals surface area contributed by atoms with Gasteiger partial charge in [-0.05, 0) is 64.2 Å². The Labute approximate surface area is 471 Å². The van der Waals surface area contributed by atoms with Crippen molar-refractivity contribution in [2.45, 2.75) is 301 Å². The highest BCUT2D eigenvalue weighted by atomic mass is 32.3. The SMILES string of the molecule is CC/C=C\C/C=C\C/C=C\C/C=C\C/C=C\C/C=C\CCCCCCCCC(=O)OC(COCCCCCCCCCCCCCCCCCCCCCCCCCCC)COC1OC(CO)C(O)C(OS(=O)(=O)O)C1O. The van der Waals surface area contributed by atoms with Gasteiger partial charge in [-0.3, -0.25) is 9.35 Å². The Kier molecular flexibility index (Phi) is 51.0. The molecular formula is C64H114O12S. The number of hydrogen-bond donors (Lipinski definition) is 4. The van der Waals surface area contributed by atoms with Crippen LogP contribution in [0.1, 0.15) is 264 Å². The Morgan fingerprint density at radius 2 is 0.896 bits per heavy atom. The third kappa shape index (κ3) is 46.9. The van der Waals surface area contributed by atoms with E-state index in [1.165, 1.54) is 141 Å². The van der Waals surface area contributed by atoms with Gasteiger partial charge in [0.1, 0.15) is 30.5 Å². The number of allylic oxidation sites excluding steroid dienone is 12. The zero-order valence-electron chi connectivity index (χ0n) is 48.8. The van der Waals surface area contributed by atoms with Gasteiger partial charge in [0.2, 0.25) is 0 Å². The Morgan fingerprint density at radius 3 is 1.31 bits per heavy atom. The number of rotatable bonds is 55. The van der Waals surface area contributed by atoms with Crippen LogP contribution >= 0.6 is 0 Å². The van der Waals surface area contributed by atoms with E-state index in [0.717, 1.165) is 96.3 Å². The topological polar surface area (TPSA) is 178 Å². The van der Waals surface area contributed by atoms with E-state index in [-0.39, 0.29) is 19.6 Å². The lowest BCUT2D eigenvalue weighted by Crippen LogP contribution is -2.60. The van der Waals surface area contributed by atoms with Crippen molar-refractivity contribution in [1.29, 1.82) is 0 Å². The molecule has 1 heterocycles. The number of unbranched alkanes of at least 4 members (excludes halogenated alkanes) is 30. The van der Waals surface area contributed by atoms with Gasteiger partial charge in [0.25, 0.3) is 0 Å². The maximum absolute atomic E-state index is 13.0. The van der Waals surface area contributed by atoms with Crippen molar-refractivity contribution >= 4 is 16.4 Å². The van der Waals surface area contributed by atoms with E-state index >= 15 is 0 Å². The number of carbonyl (C=O) groups excluding carboxylic acids is 1. The van der Waals surface area contributed by atoms with Crippen LogP contribution in [0, 0.1) is 0 Å². The summed E-state index contributed by atoms with van der Waals surface area (Å²) in [6.45, 7) is 3.91. The monoisotopic (exact) mass is 1110 g/mol. The molecule has 1 aliphatic rings. The minimum absolute atomic E-state index is 0.0295. The Bertz CT molecular complexity index is 1610. The number of carbonyl (C=O) groups is 1. The number of esters is 1. The maximum atomic E-state index is 13.0. The highest BCUT2D eigenvalue weighted by molar-refractivity contribution is 7.80. The van der Waals surface area contributed by atoms with Gasteiger partial charge in [0.05, 0.1) is 19.8 Å². The summed E-state index contributed by atoms with van der Waals surface area (Å²) in [5.41, 5.74) is 0. The second-order valence-corrected chi connectivity index (χ2v) is 22.3. The standard InChI is InChI=1S/C64H114O12S/c1-3-5-7-9-11-13-15-17-19-21-23-25-27-29-31-33-35-37-39-41-43-45-47-49-51-53-60(66)74-58(57-73-64-62(68)63(76-77(69,70)71)61(67)59(55-65)75-64)56-72-54-52-50-48-46-44-42-40-38-36-34-32-30-28-26-24-22-20-18-16-14-12-10-8-6-4-2/h5,7,11,13,17,19,23,25,29,31,35,37,58-59,61-65,67-68H,3-4,6,8-10,12,14-16,18,20-22,24,26-28,30,32-34,36,38-57H2,1-2H3,(H,69,70,71)/b7-5-,13-11-,19-17-,25-23-,31-29-,37-35-. The quantitative estimate of drug-likeness (QED) is 0.0196. The molecule has 0 radical (unpaired) electrons. The summed E-state index contributed by atoms with van der Waals surface area (Å²) in [5, 5.41) is 30.9. The Balaban J connectivity index is 2.28. The lowest BCUT2D eigenvalue weighted by Gasteiger charge is -2.41. The molecule has 0 amide bonds. The molecule has 0 spiro atoms. The van der Waals surface area contributed by atoms with Crippen LogP contribution in [0.5, 0.6) is 0 Å². The van der Waals surface area contributed by atoms with Gasteiger partial charge in [-0.25, -0.2) is 4.18 Å². The second-order valence-electron chi connectivity index (χ2n) is 21.3. The first-order chi connectivity index (χ1) is 37.6. The summed E-state index contributed by atoms with van der Waals surface area (Å²) in [7, 11) is -5.07. The highest BCUT2D eigenvalue weighted by Gasteiger charge is 2.48. The zero-order valence-corrected chi connectivity index (χ0v) is 49.6. The van der Waals surface area contributed by atoms with E-state index < -0.39 is 59.8 Å². The third-order valence-electron chi connectivity index (χ3n) is 14.1. The van der Waals surface area contributed by atoms with E-state index in [0.29, 0.717) is 13.0 Å². The lowest BCUT2D eigenvalue weighted by atomic mass is 9.99. The molecule has 0 aromatic carbocycles. The summed E-state index contributed by atoms with van der Waals surface area (Å²) in [6, 6.07) is 0. The van der Waals surface area contributed by atoms with Crippen LogP contribution in [-0.4, -0.2) is 97.5 Å². The number of ether oxygens (including phenoxy) is 4. The van der Waals surface area contributed by atoms with Crippen LogP contribution in [-0.2, 0) is 38.3 Å². The van der Waals surface area contributed by atoms with Crippen LogP contribution in [0.25, 0.3) is 0 Å². The van der Waals surface area contributed by atoms with E-state index in [1.54, 1.807) is 0 Å². The first kappa shape index (κ1) is 72.6. The van der Waals surface area contributed by atoms with Crippen molar-refractivity contribution in [1.82, 2.24) is 0 Å². The predicted octanol–water partition coefficient (Wildman–Crippen LogP) is 16.1. The van der Waals surface area contributed by atoms with Crippen LogP contribution in [0.4, 0.5) is 0 Å². The fourth-order valence-electron chi connectivity index (χ4n) is 9.44. The van der Waals surface area contributed by atoms with Crippen molar-refractivity contribution in [3.63, 3.8) is 0 Å². The predicted molar refractivity (Wildman–Crippen MR) is 317 cm³/mol. The molecule has 6 atom stereocenters. The Hall–Kier alpha value is -2.46. The smallest absolute Gasteiger partial charge is 0.397 e. The van der Waals surface area contributed by atoms with Crippen molar-refractivity contribution in [3.8, 4) is 0 Å². The first-order valence-electron chi connectivity index (χ1n) is 31.2. The molecular weight excluding hydrogens is 993 g/mol. The molecule has 13 heteroatoms. The molecule has 0 saturated carbocycles. The molecule has 448 valence electrons. The number of aliphatic hydroxyl groups excluding tert-OH is 3. The molecule has 1 fully saturated rings. The van der Waals surface area contributed by atoms with E-state index in [1.807, 2.05) is 0 Å². The molecule has 0 aromatic heterocycles. The Morgan fingerprint density at radius 1 is 0.506 bits per heavy atom. The minimum atomic E-state index is -5.07. The average Bonchev–Trinajstić information content (AvgIpc) is 3.42. The molecule has 1 saturated heterocycles. The molecule has 4 N–H and O–H groups in total. The van der Waals surface area contributed by atoms with Crippen molar-refractivity contribution in [2.24, 2.45) is 0 Å². The average molecular weight is 1110 g/mol. The second kappa shape index (κ2) is 54.1. The van der Waals surface area contributed by atoms with E-state index in [4.69, 9.17) is 18.9 Å². The summed E-state index contributed by atoms with van der Waals surface area (Å²) in [5.74, 6) is -0.411. The molecule has 0 bridgehead atoms. The van der Waals surface area contributed by atoms with Gasteiger partial charge in [-0.2, -0.15) is 8.42 Å². The maximum Gasteiger partial charge on any atom is 0.397 e. The normalized spacial score (nSPS) is 19.0. The summed E-state index contributed by atoms with van der Waals surface area (Å²) in [6.07, 6.45) is 63.7. The van der Waals surface area contributed by atoms with Crippen LogP contribution < -0.4 is 0 Å². The molecule has 0 aliphatic carbocycles. The summed E-state index contributed by atoms with van der Waals surface area (Å²) < 4.78 is 59.5. The van der Waals surface area contributed by atoms with Crippen molar-refractivity contribution in [2.75, 3.05) is 26.4 Å². The molecule has 0 aromatic rings. The van der Waals surface area contributed by atoms with Crippen LogP contribution in [0.2, 0.25) is 0 Å². The largest absolute Gasteiger partial charge is 0.457 e. The molecule has 12 nitrogen and oxygen atoms in total. The van der Waals surface area contributed by atoms with Gasteiger partial charge in [0.15, 0.2) is 6.29 Å². The van der Waals surface area contributed by atoms with Gasteiger partial charge in [-0.15, -0.1) is 0 Å².